The fraction of sp³-hybridized carbons (Fsp3) is 0.0909. The van der Waals surface area contributed by atoms with Crippen molar-refractivity contribution in [3.05, 3.63) is 95.3 Å². The van der Waals surface area contributed by atoms with E-state index in [9.17, 15) is 19.1 Å². The third-order valence-corrected chi connectivity index (χ3v) is 4.05. The first-order chi connectivity index (χ1) is 13.4. The van der Waals surface area contributed by atoms with E-state index in [0.717, 1.165) is 5.56 Å². The van der Waals surface area contributed by atoms with Crippen LogP contribution in [0.25, 0.3) is 0 Å². The van der Waals surface area contributed by atoms with Crippen molar-refractivity contribution in [1.82, 2.24) is 0 Å². The highest BCUT2D eigenvalue weighted by molar-refractivity contribution is 5.99. The third kappa shape index (κ3) is 4.54. The normalized spacial score (nSPS) is 11.5. The molecule has 0 aliphatic heterocycles. The monoisotopic (exact) mass is 379 g/mol. The maximum Gasteiger partial charge on any atom is 0.343 e. The first-order valence-corrected chi connectivity index (χ1v) is 8.56. The third-order valence-electron chi connectivity index (χ3n) is 4.05. The lowest BCUT2D eigenvalue weighted by atomic mass is 10.1. The van der Waals surface area contributed by atoms with Crippen LogP contribution in [0.1, 0.15) is 27.6 Å². The maximum absolute atomic E-state index is 13.1. The Labute approximate surface area is 161 Å². The minimum atomic E-state index is -1.25. The zero-order chi connectivity index (χ0) is 20.1. The van der Waals surface area contributed by atoms with Gasteiger partial charge in [0.15, 0.2) is 0 Å². The lowest BCUT2D eigenvalue weighted by molar-refractivity contribution is -0.125. The molecule has 3 aromatic carbocycles. The number of phenols is 1. The molecule has 0 saturated carbocycles. The summed E-state index contributed by atoms with van der Waals surface area (Å²) in [7, 11) is 0. The summed E-state index contributed by atoms with van der Waals surface area (Å²) in [6.07, 6.45) is -1.25. The predicted octanol–water partition coefficient (Wildman–Crippen LogP) is 4.38. The van der Waals surface area contributed by atoms with Gasteiger partial charge in [-0.3, -0.25) is 4.79 Å². The summed E-state index contributed by atoms with van der Waals surface area (Å²) in [5.41, 5.74) is 1.56. The van der Waals surface area contributed by atoms with E-state index in [1.807, 2.05) is 0 Å². The lowest BCUT2D eigenvalue weighted by Gasteiger charge is -2.18. The molecule has 0 aromatic heterocycles. The lowest BCUT2D eigenvalue weighted by Crippen LogP contribution is -2.26. The van der Waals surface area contributed by atoms with Crippen molar-refractivity contribution in [1.29, 1.82) is 0 Å². The van der Waals surface area contributed by atoms with E-state index < -0.39 is 23.8 Å². The number of halogens is 1. The first-order valence-electron chi connectivity index (χ1n) is 8.56. The molecule has 142 valence electrons. The van der Waals surface area contributed by atoms with E-state index in [1.54, 1.807) is 43.3 Å². The van der Waals surface area contributed by atoms with Crippen LogP contribution in [0.2, 0.25) is 0 Å². The predicted molar refractivity (Wildman–Crippen MR) is 102 cm³/mol. The van der Waals surface area contributed by atoms with E-state index in [4.69, 9.17) is 4.74 Å². The Kier molecular flexibility index (Phi) is 5.69. The maximum atomic E-state index is 13.1. The van der Waals surface area contributed by atoms with Crippen molar-refractivity contribution in [2.75, 3.05) is 5.32 Å². The Morgan fingerprint density at radius 1 is 1.00 bits per heavy atom. The highest BCUT2D eigenvalue weighted by Gasteiger charge is 2.27. The van der Waals surface area contributed by atoms with Crippen LogP contribution in [-0.2, 0) is 9.53 Å². The Balaban J connectivity index is 1.85. The van der Waals surface area contributed by atoms with E-state index >= 15 is 0 Å². The van der Waals surface area contributed by atoms with Gasteiger partial charge in [-0.25, -0.2) is 9.18 Å². The van der Waals surface area contributed by atoms with Crippen LogP contribution in [-0.4, -0.2) is 17.0 Å². The zero-order valence-electron chi connectivity index (χ0n) is 15.1. The van der Waals surface area contributed by atoms with Gasteiger partial charge in [0.25, 0.3) is 5.91 Å². The minimum Gasteiger partial charge on any atom is -0.507 e. The van der Waals surface area contributed by atoms with Gasteiger partial charge in [0.05, 0.1) is 0 Å². The largest absolute Gasteiger partial charge is 0.507 e. The molecule has 0 heterocycles. The molecular formula is C22H18FNO4. The molecule has 2 N–H and O–H groups in total. The molecule has 3 rings (SSSR count). The van der Waals surface area contributed by atoms with Crippen molar-refractivity contribution in [2.45, 2.75) is 13.0 Å². The van der Waals surface area contributed by atoms with Gasteiger partial charge < -0.3 is 15.2 Å². The minimum absolute atomic E-state index is 0.0406. The topological polar surface area (TPSA) is 75.6 Å². The Bertz CT molecular complexity index is 987. The molecule has 0 bridgehead atoms. The number of aromatic hydroxyl groups is 1. The number of anilines is 1. The number of ether oxygens (including phenoxy) is 1. The number of hydrogen-bond acceptors (Lipinski definition) is 4. The van der Waals surface area contributed by atoms with Gasteiger partial charge in [-0.1, -0.05) is 36.4 Å². The number of carbonyl (C=O) groups excluding carboxylic acids is 2. The number of benzene rings is 3. The van der Waals surface area contributed by atoms with Crippen LogP contribution in [0.5, 0.6) is 5.75 Å². The molecule has 0 saturated heterocycles. The second-order valence-electron chi connectivity index (χ2n) is 6.21. The molecule has 0 fully saturated rings. The molecule has 0 spiro atoms. The molecule has 0 aliphatic rings. The number of aryl methyl sites for hydroxylation is 1. The fourth-order valence-corrected chi connectivity index (χ4v) is 2.63. The summed E-state index contributed by atoms with van der Waals surface area (Å²) >= 11 is 0. The van der Waals surface area contributed by atoms with Crippen molar-refractivity contribution >= 4 is 17.6 Å². The molecule has 0 radical (unpaired) electrons. The van der Waals surface area contributed by atoms with Crippen LogP contribution in [0.15, 0.2) is 72.8 Å². The van der Waals surface area contributed by atoms with Crippen LogP contribution in [0.3, 0.4) is 0 Å². The first kappa shape index (κ1) is 19.1. The van der Waals surface area contributed by atoms with Crippen molar-refractivity contribution in [3.8, 4) is 5.75 Å². The van der Waals surface area contributed by atoms with Gasteiger partial charge in [-0.15, -0.1) is 0 Å². The van der Waals surface area contributed by atoms with Gasteiger partial charge in [-0.2, -0.15) is 0 Å². The van der Waals surface area contributed by atoms with Crippen molar-refractivity contribution in [2.24, 2.45) is 0 Å². The summed E-state index contributed by atoms with van der Waals surface area (Å²) in [4.78, 5) is 25.3. The summed E-state index contributed by atoms with van der Waals surface area (Å²) in [6.45, 7) is 1.78. The molecule has 1 atom stereocenters. The van der Waals surface area contributed by atoms with Gasteiger partial charge in [-0.05, 0) is 48.9 Å². The summed E-state index contributed by atoms with van der Waals surface area (Å²) in [6, 6.07) is 18.3. The molecule has 3 aromatic rings. The second kappa shape index (κ2) is 8.35. The zero-order valence-corrected chi connectivity index (χ0v) is 15.1. The Hall–Kier alpha value is -3.67. The van der Waals surface area contributed by atoms with Gasteiger partial charge in [0, 0.05) is 11.3 Å². The highest BCUT2D eigenvalue weighted by Crippen LogP contribution is 2.25. The Morgan fingerprint density at radius 2 is 1.68 bits per heavy atom. The van der Waals surface area contributed by atoms with E-state index in [0.29, 0.717) is 11.3 Å². The summed E-state index contributed by atoms with van der Waals surface area (Å²) in [5, 5.41) is 12.6. The number of rotatable bonds is 5. The molecule has 5 nitrogen and oxygen atoms in total. The quantitative estimate of drug-likeness (QED) is 0.645. The van der Waals surface area contributed by atoms with Crippen LogP contribution in [0.4, 0.5) is 10.1 Å². The van der Waals surface area contributed by atoms with E-state index in [2.05, 4.69) is 5.32 Å². The number of hydrogen-bond donors (Lipinski definition) is 2. The van der Waals surface area contributed by atoms with E-state index in [1.165, 1.54) is 36.4 Å². The summed E-state index contributed by atoms with van der Waals surface area (Å²) in [5.74, 6) is -2.09. The smallest absolute Gasteiger partial charge is 0.343 e. The standard InChI is InChI=1S/C22H18FNO4/c1-14-7-12-18(19(25)13-14)22(27)28-20(15-5-3-2-4-6-15)21(26)24-17-10-8-16(23)9-11-17/h2-13,20,25H,1H3,(H,24,26)/t20-/m1/s1. The molecule has 0 unspecified atom stereocenters. The van der Waals surface area contributed by atoms with Gasteiger partial charge >= 0.3 is 5.97 Å². The molecule has 0 aliphatic carbocycles. The van der Waals surface area contributed by atoms with E-state index in [-0.39, 0.29) is 11.3 Å². The van der Waals surface area contributed by atoms with Crippen molar-refractivity contribution < 1.29 is 23.8 Å². The average Bonchev–Trinajstić information content (AvgIpc) is 2.68. The number of esters is 1. The van der Waals surface area contributed by atoms with Crippen molar-refractivity contribution in [3.63, 3.8) is 0 Å². The summed E-state index contributed by atoms with van der Waals surface area (Å²) < 4.78 is 18.5. The number of phenolic OH excluding ortho intramolecular Hbond substituents is 1. The van der Waals surface area contributed by atoms with Crippen LogP contribution < -0.4 is 5.32 Å². The van der Waals surface area contributed by atoms with Crippen LogP contribution >= 0.6 is 0 Å². The number of amides is 1. The number of carbonyl (C=O) groups is 2. The molecule has 1 amide bonds. The average molecular weight is 379 g/mol. The molecule has 28 heavy (non-hydrogen) atoms. The Morgan fingerprint density at radius 3 is 2.32 bits per heavy atom. The fourth-order valence-electron chi connectivity index (χ4n) is 2.63. The van der Waals surface area contributed by atoms with Crippen LogP contribution in [0, 0.1) is 12.7 Å². The number of nitrogens with one attached hydrogen (secondary N) is 1. The molecule has 6 heteroatoms. The SMILES string of the molecule is Cc1ccc(C(=O)O[C@@H](C(=O)Nc2ccc(F)cc2)c2ccccc2)c(O)c1. The second-order valence-corrected chi connectivity index (χ2v) is 6.21. The molecular weight excluding hydrogens is 361 g/mol. The van der Waals surface area contributed by atoms with Gasteiger partial charge in [0.2, 0.25) is 6.10 Å². The highest BCUT2D eigenvalue weighted by atomic mass is 19.1. The van der Waals surface area contributed by atoms with Gasteiger partial charge in [0.1, 0.15) is 17.1 Å².